The van der Waals surface area contributed by atoms with Crippen LogP contribution in [0, 0.1) is 0 Å². The quantitative estimate of drug-likeness (QED) is 0.789. The zero-order valence-electron chi connectivity index (χ0n) is 9.81. The maximum absolute atomic E-state index is 11.7. The summed E-state index contributed by atoms with van der Waals surface area (Å²) in [4.78, 5) is 15.7. The van der Waals surface area contributed by atoms with Gasteiger partial charge in [-0.25, -0.2) is 0 Å². The first kappa shape index (κ1) is 12.6. The van der Waals surface area contributed by atoms with Crippen LogP contribution in [-0.4, -0.2) is 16.9 Å². The van der Waals surface area contributed by atoms with Gasteiger partial charge in [-0.1, -0.05) is 19.4 Å². The third-order valence-corrected chi connectivity index (χ3v) is 2.48. The number of aromatic nitrogens is 1. The number of nitrogens with two attached hydrogens (primary N) is 1. The fourth-order valence-corrected chi connectivity index (χ4v) is 1.48. The molecule has 0 aliphatic heterocycles. The Hall–Kier alpha value is -1.42. The summed E-state index contributed by atoms with van der Waals surface area (Å²) in [5.74, 6) is -0.0989. The number of nitrogens with one attached hydrogen (secondary N) is 1. The Bertz CT molecular complexity index is 326. The second kappa shape index (κ2) is 6.23. The third kappa shape index (κ3) is 3.62. The molecule has 1 rings (SSSR count). The van der Waals surface area contributed by atoms with Crippen molar-refractivity contribution in [3.63, 3.8) is 0 Å². The molecule has 0 aliphatic rings. The second-order valence-corrected chi connectivity index (χ2v) is 3.91. The van der Waals surface area contributed by atoms with Crippen LogP contribution < -0.4 is 11.1 Å². The first-order valence-corrected chi connectivity index (χ1v) is 5.61. The summed E-state index contributed by atoms with van der Waals surface area (Å²) < 4.78 is 0. The van der Waals surface area contributed by atoms with Crippen molar-refractivity contribution in [1.82, 2.24) is 10.3 Å². The van der Waals surface area contributed by atoms with Crippen molar-refractivity contribution in [3.8, 4) is 0 Å². The third-order valence-electron chi connectivity index (χ3n) is 2.48. The zero-order chi connectivity index (χ0) is 12.0. The number of hydrogen-bond acceptors (Lipinski definition) is 3. The molecule has 0 fully saturated rings. The number of nitrogens with zero attached hydrogens (tertiary/aromatic N) is 1. The van der Waals surface area contributed by atoms with Crippen molar-refractivity contribution in [2.24, 2.45) is 5.73 Å². The van der Waals surface area contributed by atoms with Crippen molar-refractivity contribution < 1.29 is 4.79 Å². The number of amides is 1. The van der Waals surface area contributed by atoms with E-state index in [0.717, 1.165) is 12.0 Å². The summed E-state index contributed by atoms with van der Waals surface area (Å²) >= 11 is 0. The lowest BCUT2D eigenvalue weighted by Gasteiger charge is -2.17. The Morgan fingerprint density at radius 3 is 2.94 bits per heavy atom. The molecule has 0 radical (unpaired) electrons. The summed E-state index contributed by atoms with van der Waals surface area (Å²) in [5.41, 5.74) is 6.71. The summed E-state index contributed by atoms with van der Waals surface area (Å²) in [6.07, 6.45) is 5.08. The molecule has 0 aromatic carbocycles. The van der Waals surface area contributed by atoms with Crippen molar-refractivity contribution in [2.45, 2.75) is 38.8 Å². The Kier molecular flexibility index (Phi) is 4.92. The van der Waals surface area contributed by atoms with Crippen LogP contribution in [0.15, 0.2) is 24.5 Å². The van der Waals surface area contributed by atoms with Gasteiger partial charge >= 0.3 is 0 Å². The first-order valence-electron chi connectivity index (χ1n) is 5.61. The molecular formula is C12H19N3O. The molecular weight excluding hydrogens is 202 g/mol. The molecule has 88 valence electrons. The lowest BCUT2D eigenvalue weighted by molar-refractivity contribution is -0.123. The summed E-state index contributed by atoms with van der Waals surface area (Å²) in [6.45, 7) is 3.94. The molecule has 3 N–H and O–H groups in total. The molecule has 0 saturated heterocycles. The Balaban J connectivity index is 2.51. The number of carbonyl (C=O) groups excluding carboxylic acids is 1. The maximum atomic E-state index is 11.7. The van der Waals surface area contributed by atoms with E-state index in [-0.39, 0.29) is 11.9 Å². The van der Waals surface area contributed by atoms with E-state index >= 15 is 0 Å². The molecule has 2 atom stereocenters. The molecule has 0 unspecified atom stereocenters. The van der Waals surface area contributed by atoms with E-state index in [0.29, 0.717) is 6.42 Å². The van der Waals surface area contributed by atoms with E-state index in [4.69, 9.17) is 5.73 Å². The van der Waals surface area contributed by atoms with Crippen molar-refractivity contribution in [2.75, 3.05) is 0 Å². The molecule has 0 aliphatic carbocycles. The molecule has 4 nitrogen and oxygen atoms in total. The predicted molar refractivity (Wildman–Crippen MR) is 63.7 cm³/mol. The van der Waals surface area contributed by atoms with E-state index in [1.54, 1.807) is 12.4 Å². The highest BCUT2D eigenvalue weighted by Crippen LogP contribution is 2.10. The molecule has 1 amide bonds. The van der Waals surface area contributed by atoms with Crippen LogP contribution in [0.4, 0.5) is 0 Å². The summed E-state index contributed by atoms with van der Waals surface area (Å²) in [6, 6.07) is 3.32. The van der Waals surface area contributed by atoms with Gasteiger partial charge in [0, 0.05) is 12.4 Å². The molecule has 0 spiro atoms. The van der Waals surface area contributed by atoms with Crippen molar-refractivity contribution in [1.29, 1.82) is 0 Å². The average Bonchev–Trinajstić information content (AvgIpc) is 2.30. The standard InChI is InChI=1S/C12H19N3O/c1-3-5-11(13)12(16)15-9(2)10-6-4-7-14-8-10/h4,6-9,11H,3,5,13H2,1-2H3,(H,15,16)/t9-,11+/m0/s1. The van der Waals surface area contributed by atoms with Gasteiger partial charge in [0.15, 0.2) is 0 Å². The molecule has 4 heteroatoms. The minimum absolute atomic E-state index is 0.0518. The van der Waals surface area contributed by atoms with Gasteiger partial charge < -0.3 is 11.1 Å². The van der Waals surface area contributed by atoms with Gasteiger partial charge in [-0.05, 0) is 25.0 Å². The van der Waals surface area contributed by atoms with E-state index in [1.165, 1.54) is 0 Å². The van der Waals surface area contributed by atoms with Crippen LogP contribution in [0.5, 0.6) is 0 Å². The van der Waals surface area contributed by atoms with Gasteiger partial charge in [0.25, 0.3) is 0 Å². The Labute approximate surface area is 96.3 Å². The molecule has 1 heterocycles. The fraction of sp³-hybridized carbons (Fsp3) is 0.500. The molecule has 1 aromatic heterocycles. The Morgan fingerprint density at radius 1 is 1.62 bits per heavy atom. The van der Waals surface area contributed by atoms with Crippen LogP contribution in [0.25, 0.3) is 0 Å². The number of rotatable bonds is 5. The molecule has 1 aromatic rings. The normalized spacial score (nSPS) is 14.2. The van der Waals surface area contributed by atoms with Crippen molar-refractivity contribution >= 4 is 5.91 Å². The minimum Gasteiger partial charge on any atom is -0.348 e. The maximum Gasteiger partial charge on any atom is 0.237 e. The lowest BCUT2D eigenvalue weighted by Crippen LogP contribution is -2.41. The van der Waals surface area contributed by atoms with E-state index in [2.05, 4.69) is 10.3 Å². The Morgan fingerprint density at radius 2 is 2.38 bits per heavy atom. The largest absolute Gasteiger partial charge is 0.348 e. The fourth-order valence-electron chi connectivity index (χ4n) is 1.48. The first-order chi connectivity index (χ1) is 7.65. The van der Waals surface area contributed by atoms with Gasteiger partial charge in [-0.2, -0.15) is 0 Å². The number of hydrogen-bond donors (Lipinski definition) is 2. The minimum atomic E-state index is -0.413. The van der Waals surface area contributed by atoms with Gasteiger partial charge in [-0.3, -0.25) is 9.78 Å². The van der Waals surface area contributed by atoms with Gasteiger partial charge in [0.2, 0.25) is 5.91 Å². The monoisotopic (exact) mass is 221 g/mol. The highest BCUT2D eigenvalue weighted by molar-refractivity contribution is 5.81. The highest BCUT2D eigenvalue weighted by atomic mass is 16.2. The van der Waals surface area contributed by atoms with E-state index in [1.807, 2.05) is 26.0 Å². The highest BCUT2D eigenvalue weighted by Gasteiger charge is 2.15. The van der Waals surface area contributed by atoms with Gasteiger partial charge in [0.1, 0.15) is 0 Å². The molecule has 0 bridgehead atoms. The zero-order valence-corrected chi connectivity index (χ0v) is 9.81. The summed E-state index contributed by atoms with van der Waals surface area (Å²) in [7, 11) is 0. The van der Waals surface area contributed by atoms with Gasteiger partial charge in [0.05, 0.1) is 12.1 Å². The smallest absolute Gasteiger partial charge is 0.237 e. The topological polar surface area (TPSA) is 68.0 Å². The van der Waals surface area contributed by atoms with Crippen LogP contribution in [-0.2, 0) is 4.79 Å². The van der Waals surface area contributed by atoms with Crippen LogP contribution in [0.3, 0.4) is 0 Å². The SMILES string of the molecule is CCC[C@@H](N)C(=O)N[C@@H](C)c1cccnc1. The van der Waals surface area contributed by atoms with Crippen LogP contribution in [0.2, 0.25) is 0 Å². The molecule has 16 heavy (non-hydrogen) atoms. The van der Waals surface area contributed by atoms with E-state index < -0.39 is 6.04 Å². The average molecular weight is 221 g/mol. The summed E-state index contributed by atoms with van der Waals surface area (Å²) in [5, 5.41) is 2.88. The second-order valence-electron chi connectivity index (χ2n) is 3.91. The van der Waals surface area contributed by atoms with Crippen LogP contribution >= 0.6 is 0 Å². The number of pyridine rings is 1. The lowest BCUT2D eigenvalue weighted by atomic mass is 10.1. The predicted octanol–water partition coefficient (Wildman–Crippen LogP) is 1.39. The number of carbonyl (C=O) groups is 1. The van der Waals surface area contributed by atoms with Gasteiger partial charge in [-0.15, -0.1) is 0 Å². The van der Waals surface area contributed by atoms with E-state index in [9.17, 15) is 4.79 Å². The van der Waals surface area contributed by atoms with Crippen molar-refractivity contribution in [3.05, 3.63) is 30.1 Å². The van der Waals surface area contributed by atoms with Crippen LogP contribution in [0.1, 0.15) is 38.3 Å². The molecule has 0 saturated carbocycles.